The first-order chi connectivity index (χ1) is 11.8. The summed E-state index contributed by atoms with van der Waals surface area (Å²) >= 11 is 0. The van der Waals surface area contributed by atoms with E-state index in [4.69, 9.17) is 4.52 Å². The van der Waals surface area contributed by atoms with Crippen molar-refractivity contribution in [2.45, 2.75) is 19.3 Å². The van der Waals surface area contributed by atoms with Gasteiger partial charge in [-0.15, -0.1) is 0 Å². The van der Waals surface area contributed by atoms with Gasteiger partial charge in [0.25, 0.3) is 5.89 Å². The topological polar surface area (TPSA) is 80.9 Å². The van der Waals surface area contributed by atoms with E-state index >= 15 is 0 Å². The first kappa shape index (κ1) is 15.9. The van der Waals surface area contributed by atoms with Crippen LogP contribution in [0.5, 0.6) is 0 Å². The number of aryl methyl sites for hydroxylation is 1. The van der Waals surface area contributed by atoms with Crippen molar-refractivity contribution in [2.75, 3.05) is 6.54 Å². The molecule has 2 heterocycles. The Morgan fingerprint density at radius 1 is 1.08 bits per heavy atom. The molecule has 0 saturated heterocycles. The molecule has 0 bridgehead atoms. The zero-order chi connectivity index (χ0) is 16.6. The molecular weight excluding hydrogens is 304 g/mol. The predicted octanol–water partition coefficient (Wildman–Crippen LogP) is 2.42. The second-order valence-corrected chi connectivity index (χ2v) is 5.34. The number of hydrogen-bond donors (Lipinski definition) is 1. The number of hydrogen-bond acceptors (Lipinski definition) is 5. The lowest BCUT2D eigenvalue weighted by atomic mass is 10.1. The van der Waals surface area contributed by atoms with Crippen LogP contribution in [0.2, 0.25) is 0 Å². The third kappa shape index (κ3) is 4.49. The lowest BCUT2D eigenvalue weighted by Crippen LogP contribution is -2.26. The van der Waals surface area contributed by atoms with Crippen LogP contribution in [0.15, 0.2) is 59.4 Å². The summed E-state index contributed by atoms with van der Waals surface area (Å²) in [7, 11) is 0. The van der Waals surface area contributed by atoms with Gasteiger partial charge in [0.2, 0.25) is 5.91 Å². The third-order valence-corrected chi connectivity index (χ3v) is 3.53. The van der Waals surface area contributed by atoms with Gasteiger partial charge in [-0.2, -0.15) is 4.98 Å². The molecule has 3 aromatic rings. The molecule has 0 aliphatic heterocycles. The molecule has 1 amide bonds. The van der Waals surface area contributed by atoms with E-state index in [9.17, 15) is 4.79 Å². The van der Waals surface area contributed by atoms with Crippen LogP contribution in [0.25, 0.3) is 11.5 Å². The van der Waals surface area contributed by atoms with Crippen LogP contribution in [0, 0.1) is 0 Å². The van der Waals surface area contributed by atoms with Crippen LogP contribution in [-0.4, -0.2) is 27.6 Å². The van der Waals surface area contributed by atoms with Gasteiger partial charge in [-0.05, 0) is 24.1 Å². The van der Waals surface area contributed by atoms with Crippen molar-refractivity contribution in [2.24, 2.45) is 0 Å². The van der Waals surface area contributed by atoms with Crippen LogP contribution in [0.3, 0.4) is 0 Å². The van der Waals surface area contributed by atoms with E-state index in [2.05, 4.69) is 20.4 Å². The van der Waals surface area contributed by atoms with E-state index in [1.807, 2.05) is 42.5 Å². The Bertz CT molecular complexity index is 772. The number of nitrogens with zero attached hydrogens (tertiary/aromatic N) is 3. The molecule has 0 aliphatic carbocycles. The number of amides is 1. The Morgan fingerprint density at radius 3 is 2.75 bits per heavy atom. The van der Waals surface area contributed by atoms with Gasteiger partial charge in [-0.1, -0.05) is 35.5 Å². The van der Waals surface area contributed by atoms with E-state index in [1.54, 1.807) is 12.4 Å². The largest absolute Gasteiger partial charge is 0.356 e. The Hall–Kier alpha value is -3.02. The lowest BCUT2D eigenvalue weighted by Gasteiger charge is -2.03. The van der Waals surface area contributed by atoms with Crippen molar-refractivity contribution in [3.8, 4) is 11.5 Å². The van der Waals surface area contributed by atoms with Gasteiger partial charge >= 0.3 is 0 Å². The van der Waals surface area contributed by atoms with Gasteiger partial charge in [-0.25, -0.2) is 0 Å². The van der Waals surface area contributed by atoms with E-state index in [-0.39, 0.29) is 5.91 Å². The summed E-state index contributed by atoms with van der Waals surface area (Å²) < 4.78 is 5.20. The zero-order valence-electron chi connectivity index (χ0n) is 13.2. The zero-order valence-corrected chi connectivity index (χ0v) is 13.2. The highest BCUT2D eigenvalue weighted by Crippen LogP contribution is 2.14. The fourth-order valence-electron chi connectivity index (χ4n) is 2.27. The molecule has 0 radical (unpaired) electrons. The number of benzene rings is 1. The van der Waals surface area contributed by atoms with E-state index in [1.165, 1.54) is 0 Å². The second-order valence-electron chi connectivity index (χ2n) is 5.34. The molecule has 0 saturated carbocycles. The van der Waals surface area contributed by atoms with Gasteiger partial charge in [0.05, 0.1) is 5.56 Å². The standard InChI is InChI=1S/C18H18N4O2/c23-17(9-8-14-5-2-1-3-6-14)20-12-10-16-21-18(24-22-16)15-7-4-11-19-13-15/h1-7,11,13H,8-10,12H2,(H,20,23). The highest BCUT2D eigenvalue weighted by Gasteiger charge is 2.09. The third-order valence-electron chi connectivity index (χ3n) is 3.53. The predicted molar refractivity (Wildman–Crippen MR) is 89.0 cm³/mol. The highest BCUT2D eigenvalue weighted by molar-refractivity contribution is 5.76. The molecule has 6 heteroatoms. The lowest BCUT2D eigenvalue weighted by molar-refractivity contribution is -0.121. The summed E-state index contributed by atoms with van der Waals surface area (Å²) in [5.74, 6) is 1.03. The molecule has 0 unspecified atom stereocenters. The summed E-state index contributed by atoms with van der Waals surface area (Å²) in [5.41, 5.74) is 1.94. The van der Waals surface area contributed by atoms with E-state index in [0.717, 1.165) is 17.5 Å². The molecule has 3 rings (SSSR count). The second kappa shape index (κ2) is 8.01. The number of carbonyl (C=O) groups is 1. The molecule has 2 aromatic heterocycles. The van der Waals surface area contributed by atoms with Crippen LogP contribution in [0.1, 0.15) is 17.8 Å². The molecule has 1 aromatic carbocycles. The molecule has 0 atom stereocenters. The van der Waals surface area contributed by atoms with Crippen LogP contribution in [0.4, 0.5) is 0 Å². The average molecular weight is 322 g/mol. The summed E-state index contributed by atoms with van der Waals surface area (Å²) in [4.78, 5) is 20.2. The summed E-state index contributed by atoms with van der Waals surface area (Å²) in [5, 5.41) is 6.80. The Balaban J connectivity index is 1.42. The van der Waals surface area contributed by atoms with Gasteiger partial charge in [0.15, 0.2) is 5.82 Å². The number of rotatable bonds is 7. The Labute approximate surface area is 139 Å². The number of pyridine rings is 1. The molecule has 0 fully saturated rings. The first-order valence-electron chi connectivity index (χ1n) is 7.85. The highest BCUT2D eigenvalue weighted by atomic mass is 16.5. The van der Waals surface area contributed by atoms with Crippen molar-refractivity contribution >= 4 is 5.91 Å². The first-order valence-corrected chi connectivity index (χ1v) is 7.85. The summed E-state index contributed by atoms with van der Waals surface area (Å²) in [6.07, 6.45) is 5.09. The minimum Gasteiger partial charge on any atom is -0.356 e. The van der Waals surface area contributed by atoms with Crippen LogP contribution in [-0.2, 0) is 17.6 Å². The van der Waals surface area contributed by atoms with Crippen LogP contribution >= 0.6 is 0 Å². The maximum atomic E-state index is 11.8. The minimum absolute atomic E-state index is 0.0230. The van der Waals surface area contributed by atoms with Crippen molar-refractivity contribution in [1.82, 2.24) is 20.4 Å². The molecule has 122 valence electrons. The van der Waals surface area contributed by atoms with Crippen molar-refractivity contribution in [1.29, 1.82) is 0 Å². The quantitative estimate of drug-likeness (QED) is 0.722. The molecule has 0 spiro atoms. The van der Waals surface area contributed by atoms with Crippen LogP contribution < -0.4 is 5.32 Å². The maximum Gasteiger partial charge on any atom is 0.259 e. The fraction of sp³-hybridized carbons (Fsp3) is 0.222. The van der Waals surface area contributed by atoms with Crippen molar-refractivity contribution in [3.05, 3.63) is 66.2 Å². The maximum absolute atomic E-state index is 11.8. The fourth-order valence-corrected chi connectivity index (χ4v) is 2.27. The Kier molecular flexibility index (Phi) is 5.29. The number of carbonyl (C=O) groups excluding carboxylic acids is 1. The van der Waals surface area contributed by atoms with Gasteiger partial charge in [0, 0.05) is 31.8 Å². The average Bonchev–Trinajstić information content (AvgIpc) is 3.11. The summed E-state index contributed by atoms with van der Waals surface area (Å²) in [6, 6.07) is 13.6. The van der Waals surface area contributed by atoms with Gasteiger partial charge in [0.1, 0.15) is 0 Å². The SMILES string of the molecule is O=C(CCc1ccccc1)NCCc1noc(-c2cccnc2)n1. The van der Waals surface area contributed by atoms with Crippen molar-refractivity contribution in [3.63, 3.8) is 0 Å². The molecule has 1 N–H and O–H groups in total. The van der Waals surface area contributed by atoms with Gasteiger partial charge in [-0.3, -0.25) is 9.78 Å². The normalized spacial score (nSPS) is 10.5. The van der Waals surface area contributed by atoms with Crippen molar-refractivity contribution < 1.29 is 9.32 Å². The Morgan fingerprint density at radius 2 is 1.96 bits per heavy atom. The van der Waals surface area contributed by atoms with E-state index in [0.29, 0.717) is 31.1 Å². The smallest absolute Gasteiger partial charge is 0.259 e. The minimum atomic E-state index is 0.0230. The number of aromatic nitrogens is 3. The summed E-state index contributed by atoms with van der Waals surface area (Å²) in [6.45, 7) is 0.486. The number of nitrogens with one attached hydrogen (secondary N) is 1. The molecule has 0 aliphatic rings. The molecular formula is C18H18N4O2. The molecule has 24 heavy (non-hydrogen) atoms. The monoisotopic (exact) mass is 322 g/mol. The van der Waals surface area contributed by atoms with Gasteiger partial charge < -0.3 is 9.84 Å². The molecule has 6 nitrogen and oxygen atoms in total. The van der Waals surface area contributed by atoms with E-state index < -0.39 is 0 Å².